The summed E-state index contributed by atoms with van der Waals surface area (Å²) in [6, 6.07) is 7.36. The molecule has 5 nitrogen and oxygen atoms in total. The lowest BCUT2D eigenvalue weighted by Gasteiger charge is -2.08. The van der Waals surface area contributed by atoms with Gasteiger partial charge in [-0.1, -0.05) is 65.7 Å². The van der Waals surface area contributed by atoms with Crippen molar-refractivity contribution < 1.29 is 14.3 Å². The van der Waals surface area contributed by atoms with E-state index in [1.807, 2.05) is 24.5 Å². The third-order valence-corrected chi connectivity index (χ3v) is 5.74. The van der Waals surface area contributed by atoms with Crippen molar-refractivity contribution >= 4 is 5.97 Å². The third kappa shape index (κ3) is 10.4. The molecule has 2 aromatic rings. The molecule has 0 aliphatic heterocycles. The highest BCUT2D eigenvalue weighted by molar-refractivity contribution is 5.72. The second-order valence-electron chi connectivity index (χ2n) is 8.64. The van der Waals surface area contributed by atoms with Crippen molar-refractivity contribution in [2.45, 2.75) is 91.6 Å². The number of carbonyl (C=O) groups excluding carboxylic acids is 1. The van der Waals surface area contributed by atoms with E-state index in [4.69, 9.17) is 9.47 Å². The minimum absolute atomic E-state index is 0.173. The lowest BCUT2D eigenvalue weighted by Crippen LogP contribution is -2.07. The van der Waals surface area contributed by atoms with E-state index in [1.54, 1.807) is 12.1 Å². The van der Waals surface area contributed by atoms with E-state index in [2.05, 4.69) is 30.7 Å². The van der Waals surface area contributed by atoms with E-state index in [0.29, 0.717) is 24.6 Å². The lowest BCUT2D eigenvalue weighted by molar-refractivity contribution is -0.134. The molecule has 0 saturated heterocycles. The third-order valence-electron chi connectivity index (χ3n) is 5.74. The van der Waals surface area contributed by atoms with Crippen molar-refractivity contribution in [3.63, 3.8) is 0 Å². The van der Waals surface area contributed by atoms with E-state index in [-0.39, 0.29) is 5.97 Å². The fourth-order valence-corrected chi connectivity index (χ4v) is 3.40. The zero-order chi connectivity index (χ0) is 23.0. The van der Waals surface area contributed by atoms with E-state index in [9.17, 15) is 4.79 Å². The zero-order valence-corrected chi connectivity index (χ0v) is 20.1. The molecule has 0 N–H and O–H groups in total. The summed E-state index contributed by atoms with van der Waals surface area (Å²) in [6.45, 7) is 8.00. The number of unbranched alkanes of at least 4 members (excludes halogenated alkanes) is 5. The first-order valence-electron chi connectivity index (χ1n) is 12.3. The first kappa shape index (κ1) is 26.0. The molecule has 32 heavy (non-hydrogen) atoms. The average molecular weight is 441 g/mol. The van der Waals surface area contributed by atoms with Crippen LogP contribution in [0.5, 0.6) is 5.75 Å². The monoisotopic (exact) mass is 440 g/mol. The predicted molar refractivity (Wildman–Crippen MR) is 129 cm³/mol. The van der Waals surface area contributed by atoms with Gasteiger partial charge in [0.2, 0.25) is 0 Å². The number of benzene rings is 1. The molecule has 1 atom stereocenters. The van der Waals surface area contributed by atoms with Crippen LogP contribution >= 0.6 is 0 Å². The molecule has 176 valence electrons. The molecular formula is C27H40N2O3. The highest BCUT2D eigenvalue weighted by Gasteiger charge is 2.07. The molecule has 1 aromatic heterocycles. The number of esters is 1. The average Bonchev–Trinajstić information content (AvgIpc) is 2.82. The van der Waals surface area contributed by atoms with Gasteiger partial charge in [0, 0.05) is 36.5 Å². The van der Waals surface area contributed by atoms with Crippen molar-refractivity contribution in [1.82, 2.24) is 9.97 Å². The van der Waals surface area contributed by atoms with Crippen LogP contribution in [0.2, 0.25) is 0 Å². The van der Waals surface area contributed by atoms with Crippen LogP contribution < -0.4 is 4.74 Å². The van der Waals surface area contributed by atoms with Crippen molar-refractivity contribution in [2.24, 2.45) is 5.92 Å². The van der Waals surface area contributed by atoms with Crippen molar-refractivity contribution in [3.05, 3.63) is 42.2 Å². The Kier molecular flexibility index (Phi) is 12.6. The maximum atomic E-state index is 12.0. The van der Waals surface area contributed by atoms with E-state index in [0.717, 1.165) is 42.9 Å². The molecule has 0 bridgehead atoms. The molecular weight excluding hydrogens is 400 g/mol. The fraction of sp³-hybridized carbons (Fsp3) is 0.593. The van der Waals surface area contributed by atoms with Crippen LogP contribution in [0.25, 0.3) is 11.4 Å². The number of hydrogen-bond donors (Lipinski definition) is 0. The molecule has 1 aromatic carbocycles. The molecule has 1 heterocycles. The first-order chi connectivity index (χ1) is 15.6. The van der Waals surface area contributed by atoms with Gasteiger partial charge >= 0.3 is 5.97 Å². The molecule has 0 aliphatic rings. The van der Waals surface area contributed by atoms with Gasteiger partial charge in [-0.15, -0.1) is 0 Å². The predicted octanol–water partition coefficient (Wildman–Crippen LogP) is 7.14. The van der Waals surface area contributed by atoms with E-state index >= 15 is 0 Å². The zero-order valence-electron chi connectivity index (χ0n) is 20.1. The Morgan fingerprint density at radius 1 is 0.938 bits per heavy atom. The van der Waals surface area contributed by atoms with Gasteiger partial charge in [-0.2, -0.15) is 0 Å². The van der Waals surface area contributed by atoms with Crippen molar-refractivity contribution in [3.8, 4) is 17.1 Å². The van der Waals surface area contributed by atoms with Gasteiger partial charge in [-0.25, -0.2) is 9.97 Å². The smallest absolute Gasteiger partial charge is 0.311 e. The van der Waals surface area contributed by atoms with Crippen LogP contribution in [0.4, 0.5) is 0 Å². The fourth-order valence-electron chi connectivity index (χ4n) is 3.40. The number of rotatable bonds is 16. The van der Waals surface area contributed by atoms with Crippen LogP contribution in [0, 0.1) is 5.92 Å². The quantitative estimate of drug-likeness (QED) is 0.158. The SMILES string of the molecule is CCCCCCCOCc1cnc(-c2ccc(OC(=O)CCCCC(C)CC)cc2)nc1. The van der Waals surface area contributed by atoms with Gasteiger partial charge in [0.1, 0.15) is 5.75 Å². The summed E-state index contributed by atoms with van der Waals surface area (Å²) in [6.07, 6.45) is 14.6. The van der Waals surface area contributed by atoms with E-state index < -0.39 is 0 Å². The topological polar surface area (TPSA) is 61.3 Å². The Balaban J connectivity index is 1.71. The summed E-state index contributed by atoms with van der Waals surface area (Å²) in [5, 5.41) is 0. The number of carbonyl (C=O) groups is 1. The molecule has 0 radical (unpaired) electrons. The maximum absolute atomic E-state index is 12.0. The number of hydrogen-bond acceptors (Lipinski definition) is 5. The Labute approximate surface area is 194 Å². The standard InChI is InChI=1S/C27H40N2O3/c1-4-6-7-8-11-18-31-21-23-19-28-27(29-20-23)24-14-16-25(17-15-24)32-26(30)13-10-9-12-22(3)5-2/h14-17,19-20,22H,4-13,18,21H2,1-3H3. The molecule has 0 fully saturated rings. The van der Waals surface area contributed by atoms with Crippen molar-refractivity contribution in [1.29, 1.82) is 0 Å². The maximum Gasteiger partial charge on any atom is 0.311 e. The molecule has 0 aliphatic carbocycles. The Morgan fingerprint density at radius 2 is 1.66 bits per heavy atom. The van der Waals surface area contributed by atoms with E-state index in [1.165, 1.54) is 38.5 Å². The summed E-state index contributed by atoms with van der Waals surface area (Å²) in [7, 11) is 0. The largest absolute Gasteiger partial charge is 0.427 e. The second kappa shape index (κ2) is 15.5. The van der Waals surface area contributed by atoms with Gasteiger partial charge in [0.25, 0.3) is 0 Å². The number of aromatic nitrogens is 2. The summed E-state index contributed by atoms with van der Waals surface area (Å²) < 4.78 is 11.2. The lowest BCUT2D eigenvalue weighted by atomic mass is 10.0. The minimum atomic E-state index is -0.173. The van der Waals surface area contributed by atoms with Gasteiger partial charge in [0.05, 0.1) is 6.61 Å². The van der Waals surface area contributed by atoms with Gasteiger partial charge in [-0.3, -0.25) is 4.79 Å². The van der Waals surface area contributed by atoms with Gasteiger partial charge in [-0.05, 0) is 43.0 Å². The van der Waals surface area contributed by atoms with Crippen LogP contribution in [-0.4, -0.2) is 22.5 Å². The van der Waals surface area contributed by atoms with Gasteiger partial charge < -0.3 is 9.47 Å². The summed E-state index contributed by atoms with van der Waals surface area (Å²) in [5.41, 5.74) is 1.86. The van der Waals surface area contributed by atoms with Crippen molar-refractivity contribution in [2.75, 3.05) is 6.61 Å². The van der Waals surface area contributed by atoms with Crippen LogP contribution in [0.3, 0.4) is 0 Å². The Morgan fingerprint density at radius 3 is 2.34 bits per heavy atom. The second-order valence-corrected chi connectivity index (χ2v) is 8.64. The van der Waals surface area contributed by atoms with Crippen LogP contribution in [0.1, 0.15) is 90.5 Å². The summed E-state index contributed by atoms with van der Waals surface area (Å²) >= 11 is 0. The molecule has 2 rings (SSSR count). The molecule has 0 amide bonds. The normalized spacial score (nSPS) is 12.0. The highest BCUT2D eigenvalue weighted by atomic mass is 16.5. The minimum Gasteiger partial charge on any atom is -0.427 e. The van der Waals surface area contributed by atoms with Gasteiger partial charge in [0.15, 0.2) is 5.82 Å². The first-order valence-corrected chi connectivity index (χ1v) is 12.3. The highest BCUT2D eigenvalue weighted by Crippen LogP contribution is 2.20. The number of nitrogens with zero attached hydrogens (tertiary/aromatic N) is 2. The van der Waals surface area contributed by atoms with Crippen LogP contribution in [0.15, 0.2) is 36.7 Å². The Bertz CT molecular complexity index is 759. The molecule has 5 heteroatoms. The summed E-state index contributed by atoms with van der Waals surface area (Å²) in [4.78, 5) is 20.9. The summed E-state index contributed by atoms with van der Waals surface area (Å²) in [5.74, 6) is 1.76. The molecule has 0 saturated carbocycles. The van der Waals surface area contributed by atoms with Crippen LogP contribution in [-0.2, 0) is 16.1 Å². The molecule has 1 unspecified atom stereocenters. The number of ether oxygens (including phenoxy) is 2. The molecule has 0 spiro atoms. The Hall–Kier alpha value is -2.27.